The van der Waals surface area contributed by atoms with E-state index in [0.717, 1.165) is 6.20 Å². The minimum Gasteiger partial charge on any atom is -0.324 e. The second kappa shape index (κ2) is 6.03. The molecule has 2 heterocycles. The van der Waals surface area contributed by atoms with Crippen molar-refractivity contribution in [2.75, 3.05) is 5.32 Å². The van der Waals surface area contributed by atoms with E-state index in [1.165, 1.54) is 28.9 Å². The van der Waals surface area contributed by atoms with Crippen molar-refractivity contribution in [3.8, 4) is 11.3 Å². The molecule has 122 valence electrons. The topological polar surface area (TPSA) is 102 Å². The maximum Gasteiger partial charge on any atom is 0.333 e. The molecule has 0 unspecified atom stereocenters. The number of fused-ring (bicyclic) bond motifs is 1. The van der Waals surface area contributed by atoms with Crippen LogP contribution in [0, 0.1) is 15.9 Å². The Kier molecular flexibility index (Phi) is 3.90. The second-order valence-corrected chi connectivity index (χ2v) is 4.95. The summed E-state index contributed by atoms with van der Waals surface area (Å²) in [7, 11) is 0. The minimum absolute atomic E-state index is 0.0333. The first-order valence-corrected chi connectivity index (χ1v) is 7.08. The van der Waals surface area contributed by atoms with Gasteiger partial charge in [0, 0.05) is 18.2 Å². The summed E-state index contributed by atoms with van der Waals surface area (Å²) < 4.78 is 15.2. The Morgan fingerprint density at radius 3 is 2.92 bits per heavy atom. The van der Waals surface area contributed by atoms with Gasteiger partial charge in [0.2, 0.25) is 11.6 Å². The number of rotatable bonds is 4. The van der Waals surface area contributed by atoms with Crippen LogP contribution in [0.1, 0.15) is 13.3 Å². The van der Waals surface area contributed by atoms with Crippen molar-refractivity contribution < 1.29 is 14.1 Å². The zero-order valence-electron chi connectivity index (χ0n) is 12.6. The highest BCUT2D eigenvalue weighted by Gasteiger charge is 2.18. The van der Waals surface area contributed by atoms with Gasteiger partial charge in [0.1, 0.15) is 12.0 Å². The Balaban J connectivity index is 2.12. The zero-order valence-corrected chi connectivity index (χ0v) is 12.6. The van der Waals surface area contributed by atoms with Gasteiger partial charge in [0.05, 0.1) is 16.3 Å². The fourth-order valence-electron chi connectivity index (χ4n) is 2.25. The number of hydrogen-bond acceptors (Lipinski definition) is 5. The lowest BCUT2D eigenvalue weighted by molar-refractivity contribution is -0.383. The van der Waals surface area contributed by atoms with Crippen molar-refractivity contribution in [1.29, 1.82) is 0 Å². The molecule has 9 heteroatoms. The van der Waals surface area contributed by atoms with Crippen LogP contribution in [-0.4, -0.2) is 25.4 Å². The maximum atomic E-state index is 13.9. The van der Waals surface area contributed by atoms with Gasteiger partial charge in [0.15, 0.2) is 0 Å². The molecule has 0 aliphatic heterocycles. The predicted octanol–water partition coefficient (Wildman–Crippen LogP) is 2.79. The molecule has 0 aliphatic rings. The molecule has 0 saturated carbocycles. The number of nitrogens with zero attached hydrogens (tertiary/aromatic N) is 4. The molecule has 0 fully saturated rings. The third-order valence-corrected chi connectivity index (χ3v) is 3.44. The predicted molar refractivity (Wildman–Crippen MR) is 84.0 cm³/mol. The summed E-state index contributed by atoms with van der Waals surface area (Å²) in [6.45, 7) is 1.66. The number of anilines is 1. The van der Waals surface area contributed by atoms with Gasteiger partial charge in [-0.2, -0.15) is 5.10 Å². The fourth-order valence-corrected chi connectivity index (χ4v) is 2.25. The van der Waals surface area contributed by atoms with E-state index in [1.807, 2.05) is 0 Å². The van der Waals surface area contributed by atoms with E-state index >= 15 is 0 Å². The Hall–Kier alpha value is -3.36. The Labute approximate surface area is 135 Å². The fraction of sp³-hybridized carbons (Fsp3) is 0.133. The van der Waals surface area contributed by atoms with Gasteiger partial charge in [0.25, 0.3) is 0 Å². The van der Waals surface area contributed by atoms with Gasteiger partial charge in [-0.1, -0.05) is 6.92 Å². The molecule has 8 nitrogen and oxygen atoms in total. The minimum atomic E-state index is -0.573. The third kappa shape index (κ3) is 2.67. The Morgan fingerprint density at radius 1 is 1.42 bits per heavy atom. The first-order chi connectivity index (χ1) is 11.5. The molecule has 1 amide bonds. The van der Waals surface area contributed by atoms with Gasteiger partial charge in [-0.15, -0.1) is 0 Å². The Bertz CT molecular complexity index is 953. The van der Waals surface area contributed by atoms with Crippen LogP contribution in [0.5, 0.6) is 0 Å². The van der Waals surface area contributed by atoms with Crippen molar-refractivity contribution in [1.82, 2.24) is 14.6 Å². The molecule has 0 radical (unpaired) electrons. The van der Waals surface area contributed by atoms with Gasteiger partial charge in [-0.25, -0.2) is 13.9 Å². The Morgan fingerprint density at radius 2 is 2.21 bits per heavy atom. The van der Waals surface area contributed by atoms with E-state index in [1.54, 1.807) is 13.0 Å². The average molecular weight is 329 g/mol. The SMILES string of the molecule is CCC(=O)Nc1cc(-c2ccnc3c([N+](=O)[O-])cnn23)ccc1F. The molecule has 0 aliphatic carbocycles. The van der Waals surface area contributed by atoms with E-state index in [9.17, 15) is 19.3 Å². The van der Waals surface area contributed by atoms with Crippen LogP contribution in [0.25, 0.3) is 16.9 Å². The van der Waals surface area contributed by atoms with Crippen LogP contribution >= 0.6 is 0 Å². The summed E-state index contributed by atoms with van der Waals surface area (Å²) in [5.41, 5.74) is 0.915. The molecule has 0 spiro atoms. The maximum absolute atomic E-state index is 13.9. The first kappa shape index (κ1) is 15.5. The van der Waals surface area contributed by atoms with Crippen molar-refractivity contribution in [3.05, 3.63) is 52.6 Å². The summed E-state index contributed by atoms with van der Waals surface area (Å²) in [5, 5.41) is 17.4. The lowest BCUT2D eigenvalue weighted by Gasteiger charge is -2.09. The van der Waals surface area contributed by atoms with Gasteiger partial charge >= 0.3 is 5.69 Å². The zero-order chi connectivity index (χ0) is 17.3. The lowest BCUT2D eigenvalue weighted by atomic mass is 10.1. The van der Waals surface area contributed by atoms with E-state index in [0.29, 0.717) is 11.3 Å². The molecule has 2 aromatic heterocycles. The third-order valence-electron chi connectivity index (χ3n) is 3.44. The van der Waals surface area contributed by atoms with Gasteiger partial charge < -0.3 is 5.32 Å². The van der Waals surface area contributed by atoms with Crippen molar-refractivity contribution in [2.24, 2.45) is 0 Å². The van der Waals surface area contributed by atoms with Crippen LogP contribution in [0.15, 0.2) is 36.7 Å². The lowest BCUT2D eigenvalue weighted by Crippen LogP contribution is -2.11. The number of carbonyl (C=O) groups excluding carboxylic acids is 1. The number of benzene rings is 1. The number of hydrogen-bond donors (Lipinski definition) is 1. The highest BCUT2D eigenvalue weighted by molar-refractivity contribution is 5.91. The molecule has 1 aromatic carbocycles. The van der Waals surface area contributed by atoms with Gasteiger partial charge in [-0.3, -0.25) is 14.9 Å². The van der Waals surface area contributed by atoms with Gasteiger partial charge in [-0.05, 0) is 24.3 Å². The van der Waals surface area contributed by atoms with E-state index in [4.69, 9.17) is 0 Å². The summed E-state index contributed by atoms with van der Waals surface area (Å²) in [4.78, 5) is 25.9. The van der Waals surface area contributed by atoms with Crippen LogP contribution < -0.4 is 5.32 Å². The molecule has 0 atom stereocenters. The molecule has 1 N–H and O–H groups in total. The average Bonchev–Trinajstić information content (AvgIpc) is 3.01. The molecule has 3 rings (SSSR count). The highest BCUT2D eigenvalue weighted by Crippen LogP contribution is 2.27. The van der Waals surface area contributed by atoms with Crippen LogP contribution in [0.2, 0.25) is 0 Å². The molecular weight excluding hydrogens is 317 g/mol. The number of nitro groups is 1. The molecule has 0 saturated heterocycles. The van der Waals surface area contributed by atoms with Crippen molar-refractivity contribution >= 4 is 22.9 Å². The van der Waals surface area contributed by atoms with E-state index in [2.05, 4.69) is 15.4 Å². The van der Waals surface area contributed by atoms with Crippen LogP contribution in [0.4, 0.5) is 15.8 Å². The number of carbonyl (C=O) groups is 1. The summed E-state index contributed by atoms with van der Waals surface area (Å²) in [6, 6.07) is 5.76. The van der Waals surface area contributed by atoms with Crippen LogP contribution in [-0.2, 0) is 4.79 Å². The molecule has 24 heavy (non-hydrogen) atoms. The second-order valence-electron chi connectivity index (χ2n) is 4.95. The quantitative estimate of drug-likeness (QED) is 0.585. The first-order valence-electron chi connectivity index (χ1n) is 7.08. The van der Waals surface area contributed by atoms with E-state index < -0.39 is 10.7 Å². The number of halogens is 1. The number of nitrogens with one attached hydrogen (secondary N) is 1. The summed E-state index contributed by atoms with van der Waals surface area (Å²) in [5.74, 6) is -0.891. The largest absolute Gasteiger partial charge is 0.333 e. The molecule has 3 aromatic rings. The highest BCUT2D eigenvalue weighted by atomic mass is 19.1. The molecule has 0 bridgehead atoms. The number of aromatic nitrogens is 3. The summed E-state index contributed by atoms with van der Waals surface area (Å²) in [6.07, 6.45) is 2.73. The standard InChI is InChI=1S/C15H12FN5O3/c1-2-14(22)19-11-7-9(3-4-10(11)16)12-5-6-17-15-13(21(23)24)8-18-20(12)15/h3-8H,2H2,1H3,(H,19,22). The number of amides is 1. The smallest absolute Gasteiger partial charge is 0.324 e. The van der Waals surface area contributed by atoms with Crippen LogP contribution in [0.3, 0.4) is 0 Å². The van der Waals surface area contributed by atoms with Crippen molar-refractivity contribution in [2.45, 2.75) is 13.3 Å². The molecular formula is C15H12FN5O3. The summed E-state index contributed by atoms with van der Waals surface area (Å²) >= 11 is 0. The monoisotopic (exact) mass is 329 g/mol. The van der Waals surface area contributed by atoms with Crippen molar-refractivity contribution in [3.63, 3.8) is 0 Å². The van der Waals surface area contributed by atoms with E-state index in [-0.39, 0.29) is 29.3 Å². The normalized spacial score (nSPS) is 10.8.